The van der Waals surface area contributed by atoms with Gasteiger partial charge in [0.1, 0.15) is 13.2 Å². The molecule has 0 amide bonds. The van der Waals surface area contributed by atoms with Crippen molar-refractivity contribution in [3.05, 3.63) is 12.1 Å². The van der Waals surface area contributed by atoms with E-state index in [1.807, 2.05) is 12.1 Å². The molecule has 1 aromatic rings. The summed E-state index contributed by atoms with van der Waals surface area (Å²) in [6, 6.07) is 3.85. The Balaban J connectivity index is 1.87. The predicted molar refractivity (Wildman–Crippen MR) is 74.1 cm³/mol. The Morgan fingerprint density at radius 3 is 2.68 bits per heavy atom. The summed E-state index contributed by atoms with van der Waals surface area (Å²) in [5, 5.41) is 0. The van der Waals surface area contributed by atoms with Crippen LogP contribution in [0.3, 0.4) is 0 Å². The van der Waals surface area contributed by atoms with Gasteiger partial charge in [0.15, 0.2) is 11.5 Å². The average molecular weight is 264 g/mol. The van der Waals surface area contributed by atoms with E-state index in [0.29, 0.717) is 13.2 Å². The van der Waals surface area contributed by atoms with E-state index in [-0.39, 0.29) is 6.10 Å². The number of benzene rings is 1. The highest BCUT2D eigenvalue weighted by atomic mass is 16.6. The molecule has 3 rings (SSSR count). The molecule has 1 saturated heterocycles. The van der Waals surface area contributed by atoms with Crippen LogP contribution in [0.4, 0.5) is 11.4 Å². The molecular weight excluding hydrogens is 244 g/mol. The van der Waals surface area contributed by atoms with Gasteiger partial charge in [-0.2, -0.15) is 0 Å². The zero-order valence-corrected chi connectivity index (χ0v) is 11.2. The van der Waals surface area contributed by atoms with Crippen LogP contribution < -0.4 is 20.1 Å². The smallest absolute Gasteiger partial charge is 0.163 e. The van der Waals surface area contributed by atoms with Crippen molar-refractivity contribution in [2.75, 3.05) is 43.5 Å². The van der Waals surface area contributed by atoms with E-state index in [9.17, 15) is 0 Å². The first-order valence-corrected chi connectivity index (χ1v) is 6.83. The number of morpholine rings is 1. The van der Waals surface area contributed by atoms with Gasteiger partial charge >= 0.3 is 0 Å². The number of rotatable bonds is 2. The highest BCUT2D eigenvalue weighted by Crippen LogP contribution is 2.39. The normalized spacial score (nSPS) is 22.4. The summed E-state index contributed by atoms with van der Waals surface area (Å²) in [5.74, 6) is 1.53. The van der Waals surface area contributed by atoms with Gasteiger partial charge < -0.3 is 24.8 Å². The van der Waals surface area contributed by atoms with Crippen LogP contribution in [0, 0.1) is 0 Å². The van der Waals surface area contributed by atoms with Crippen molar-refractivity contribution in [1.82, 2.24) is 0 Å². The molecule has 5 heteroatoms. The zero-order valence-electron chi connectivity index (χ0n) is 11.2. The maximum absolute atomic E-state index is 6.14. The van der Waals surface area contributed by atoms with E-state index >= 15 is 0 Å². The lowest BCUT2D eigenvalue weighted by Crippen LogP contribution is -2.42. The fourth-order valence-electron chi connectivity index (χ4n) is 2.55. The molecule has 2 N–H and O–H groups in total. The lowest BCUT2D eigenvalue weighted by Gasteiger charge is -2.35. The SMILES string of the molecule is CCC1CN(c2cc3c(cc2N)OCCO3)CCO1. The molecule has 1 aromatic carbocycles. The molecular formula is C14H20N2O3. The molecule has 19 heavy (non-hydrogen) atoms. The predicted octanol–water partition coefficient (Wildman–Crippen LogP) is 1.66. The zero-order chi connectivity index (χ0) is 13.2. The second kappa shape index (κ2) is 5.17. The summed E-state index contributed by atoms with van der Waals surface area (Å²) in [5.41, 5.74) is 7.90. The third-order valence-corrected chi connectivity index (χ3v) is 3.63. The number of nitrogen functional groups attached to an aromatic ring is 1. The van der Waals surface area contributed by atoms with Gasteiger partial charge in [-0.3, -0.25) is 0 Å². The molecule has 1 fully saturated rings. The Morgan fingerprint density at radius 1 is 1.21 bits per heavy atom. The van der Waals surface area contributed by atoms with Gasteiger partial charge in [0.2, 0.25) is 0 Å². The van der Waals surface area contributed by atoms with Crippen LogP contribution in [0.2, 0.25) is 0 Å². The van der Waals surface area contributed by atoms with Crippen molar-refractivity contribution < 1.29 is 14.2 Å². The summed E-state index contributed by atoms with van der Waals surface area (Å²) in [4.78, 5) is 2.27. The molecule has 2 aliphatic heterocycles. The van der Waals surface area contributed by atoms with E-state index in [0.717, 1.165) is 49.0 Å². The van der Waals surface area contributed by atoms with Crippen molar-refractivity contribution in [3.8, 4) is 11.5 Å². The third-order valence-electron chi connectivity index (χ3n) is 3.63. The van der Waals surface area contributed by atoms with Crippen LogP contribution in [0.1, 0.15) is 13.3 Å². The summed E-state index contributed by atoms with van der Waals surface area (Å²) in [7, 11) is 0. The molecule has 0 spiro atoms. The molecule has 1 atom stereocenters. The second-order valence-electron chi connectivity index (χ2n) is 4.90. The van der Waals surface area contributed by atoms with Gasteiger partial charge in [-0.1, -0.05) is 6.92 Å². The topological polar surface area (TPSA) is 57.0 Å². The first kappa shape index (κ1) is 12.4. The van der Waals surface area contributed by atoms with Crippen LogP contribution >= 0.6 is 0 Å². The second-order valence-corrected chi connectivity index (χ2v) is 4.90. The fraction of sp³-hybridized carbons (Fsp3) is 0.571. The molecule has 1 unspecified atom stereocenters. The lowest BCUT2D eigenvalue weighted by atomic mass is 10.1. The van der Waals surface area contributed by atoms with Crippen molar-refractivity contribution in [3.63, 3.8) is 0 Å². The summed E-state index contributed by atoms with van der Waals surface area (Å²) >= 11 is 0. The number of nitrogens with two attached hydrogens (primary N) is 1. The van der Waals surface area contributed by atoms with Crippen LogP contribution in [-0.4, -0.2) is 39.0 Å². The maximum Gasteiger partial charge on any atom is 0.163 e. The Labute approximate surface area is 113 Å². The Kier molecular flexibility index (Phi) is 3.38. The molecule has 0 aromatic heterocycles. The minimum atomic E-state index is 0.279. The number of hydrogen-bond donors (Lipinski definition) is 1. The number of anilines is 2. The average Bonchev–Trinajstić information content (AvgIpc) is 2.46. The largest absolute Gasteiger partial charge is 0.486 e. The van der Waals surface area contributed by atoms with Gasteiger partial charge in [-0.05, 0) is 6.42 Å². The number of hydrogen-bond acceptors (Lipinski definition) is 5. The molecule has 0 aliphatic carbocycles. The van der Waals surface area contributed by atoms with Crippen molar-refractivity contribution in [1.29, 1.82) is 0 Å². The molecule has 0 radical (unpaired) electrons. The lowest BCUT2D eigenvalue weighted by molar-refractivity contribution is 0.0384. The molecule has 2 aliphatic rings. The maximum atomic E-state index is 6.14. The number of fused-ring (bicyclic) bond motifs is 1. The van der Waals surface area contributed by atoms with Gasteiger partial charge in [0.25, 0.3) is 0 Å². The summed E-state index contributed by atoms with van der Waals surface area (Å²) in [6.07, 6.45) is 1.29. The molecule has 0 bridgehead atoms. The van der Waals surface area contributed by atoms with Crippen LogP contribution in [0.5, 0.6) is 11.5 Å². The highest BCUT2D eigenvalue weighted by molar-refractivity contribution is 5.73. The van der Waals surface area contributed by atoms with Gasteiger partial charge in [0, 0.05) is 25.2 Å². The summed E-state index contributed by atoms with van der Waals surface area (Å²) < 4.78 is 16.9. The number of ether oxygens (including phenoxy) is 3. The Bertz CT molecular complexity index is 464. The van der Waals surface area contributed by atoms with E-state index < -0.39 is 0 Å². The van der Waals surface area contributed by atoms with E-state index in [4.69, 9.17) is 19.9 Å². The van der Waals surface area contributed by atoms with Gasteiger partial charge in [0.05, 0.1) is 24.1 Å². The summed E-state index contributed by atoms with van der Waals surface area (Å²) in [6.45, 7) is 5.80. The van der Waals surface area contributed by atoms with Gasteiger partial charge in [-0.25, -0.2) is 0 Å². The van der Waals surface area contributed by atoms with Crippen LogP contribution in [0.25, 0.3) is 0 Å². The van der Waals surface area contributed by atoms with E-state index in [1.165, 1.54) is 0 Å². The van der Waals surface area contributed by atoms with E-state index in [2.05, 4.69) is 11.8 Å². The third kappa shape index (κ3) is 2.42. The minimum absolute atomic E-state index is 0.279. The molecule has 0 saturated carbocycles. The van der Waals surface area contributed by atoms with E-state index in [1.54, 1.807) is 0 Å². The highest BCUT2D eigenvalue weighted by Gasteiger charge is 2.23. The first-order valence-electron chi connectivity index (χ1n) is 6.83. The Morgan fingerprint density at radius 2 is 1.95 bits per heavy atom. The quantitative estimate of drug-likeness (QED) is 0.823. The standard InChI is InChI=1S/C14H20N2O3/c1-2-10-9-16(3-4-17-10)12-8-14-13(7-11(12)15)18-5-6-19-14/h7-8,10H,2-6,9,15H2,1H3. The van der Waals surface area contributed by atoms with Gasteiger partial charge in [-0.15, -0.1) is 0 Å². The molecule has 5 nitrogen and oxygen atoms in total. The minimum Gasteiger partial charge on any atom is -0.486 e. The molecule has 2 heterocycles. The molecule has 104 valence electrons. The van der Waals surface area contributed by atoms with Crippen molar-refractivity contribution >= 4 is 11.4 Å². The van der Waals surface area contributed by atoms with Crippen molar-refractivity contribution in [2.24, 2.45) is 0 Å². The monoisotopic (exact) mass is 264 g/mol. The fourth-order valence-corrected chi connectivity index (χ4v) is 2.55. The van der Waals surface area contributed by atoms with Crippen LogP contribution in [-0.2, 0) is 4.74 Å². The van der Waals surface area contributed by atoms with Crippen LogP contribution in [0.15, 0.2) is 12.1 Å². The number of nitrogens with zero attached hydrogens (tertiary/aromatic N) is 1. The Hall–Kier alpha value is -1.62. The van der Waals surface area contributed by atoms with Crippen molar-refractivity contribution in [2.45, 2.75) is 19.4 Å². The first-order chi connectivity index (χ1) is 9.28.